The molecule has 12 heavy (non-hydrogen) atoms. The Hall–Kier alpha value is 0.290. The van der Waals surface area contributed by atoms with Crippen LogP contribution < -0.4 is 0 Å². The molecule has 1 aliphatic rings. The summed E-state index contributed by atoms with van der Waals surface area (Å²) in [6, 6.07) is 0. The van der Waals surface area contributed by atoms with Gasteiger partial charge in [0.15, 0.2) is 0 Å². The maximum Gasteiger partial charge on any atom is 0.0336 e. The summed E-state index contributed by atoms with van der Waals surface area (Å²) in [7, 11) is 0. The van der Waals surface area contributed by atoms with Gasteiger partial charge in [-0.05, 0) is 43.4 Å². The van der Waals surface area contributed by atoms with Crippen LogP contribution in [0.5, 0.6) is 0 Å². The Morgan fingerprint density at radius 2 is 1.92 bits per heavy atom. The van der Waals surface area contributed by atoms with Crippen molar-refractivity contribution >= 4 is 11.6 Å². The van der Waals surface area contributed by atoms with Crippen molar-refractivity contribution in [1.29, 1.82) is 0 Å². The van der Waals surface area contributed by atoms with Crippen molar-refractivity contribution in [3.8, 4) is 0 Å². The van der Waals surface area contributed by atoms with Crippen LogP contribution >= 0.6 is 11.6 Å². The Kier molecular flexibility index (Phi) is 3.09. The van der Waals surface area contributed by atoms with Gasteiger partial charge in [-0.25, -0.2) is 0 Å². The first kappa shape index (κ1) is 10.4. The minimum atomic E-state index is 0.354. The molecule has 0 nitrogen and oxygen atoms in total. The Balaban J connectivity index is 2.58. The number of hydrogen-bond acceptors (Lipinski definition) is 0. The van der Waals surface area contributed by atoms with E-state index in [0.29, 0.717) is 10.8 Å². The summed E-state index contributed by atoms with van der Waals surface area (Å²) in [6.07, 6.45) is 4.00. The summed E-state index contributed by atoms with van der Waals surface area (Å²) in [5.41, 5.74) is 0.519. The second-order valence-electron chi connectivity index (χ2n) is 5.35. The molecule has 1 saturated carbocycles. The van der Waals surface area contributed by atoms with E-state index in [1.807, 2.05) is 0 Å². The molecule has 0 amide bonds. The first-order valence-corrected chi connectivity index (χ1v) is 5.48. The quantitative estimate of drug-likeness (QED) is 0.545. The molecule has 0 N–H and O–H groups in total. The van der Waals surface area contributed by atoms with Crippen molar-refractivity contribution in [3.05, 3.63) is 0 Å². The SMILES string of the molecule is CC1CC(C(C)Cl)CC(C)(C)C1. The fourth-order valence-corrected chi connectivity index (χ4v) is 2.96. The lowest BCUT2D eigenvalue weighted by atomic mass is 9.67. The number of rotatable bonds is 1. The van der Waals surface area contributed by atoms with Gasteiger partial charge in [-0.1, -0.05) is 20.8 Å². The van der Waals surface area contributed by atoms with Gasteiger partial charge in [0.2, 0.25) is 0 Å². The molecule has 0 aromatic heterocycles. The van der Waals surface area contributed by atoms with Crippen LogP contribution in [0.4, 0.5) is 0 Å². The van der Waals surface area contributed by atoms with Crippen molar-refractivity contribution in [3.63, 3.8) is 0 Å². The molecular formula is C11H21Cl. The molecule has 1 heteroatoms. The van der Waals surface area contributed by atoms with Gasteiger partial charge in [0.05, 0.1) is 0 Å². The van der Waals surface area contributed by atoms with Gasteiger partial charge in [0.1, 0.15) is 0 Å². The number of halogens is 1. The summed E-state index contributed by atoms with van der Waals surface area (Å²) >= 11 is 6.15. The maximum atomic E-state index is 6.15. The molecular weight excluding hydrogens is 168 g/mol. The zero-order valence-electron chi connectivity index (χ0n) is 8.73. The van der Waals surface area contributed by atoms with Crippen LogP contribution in [0.15, 0.2) is 0 Å². The van der Waals surface area contributed by atoms with Gasteiger partial charge in [-0.2, -0.15) is 0 Å². The van der Waals surface area contributed by atoms with Crippen LogP contribution in [0.25, 0.3) is 0 Å². The summed E-state index contributed by atoms with van der Waals surface area (Å²) in [6.45, 7) is 9.23. The van der Waals surface area contributed by atoms with Gasteiger partial charge in [0, 0.05) is 5.38 Å². The fraction of sp³-hybridized carbons (Fsp3) is 1.00. The smallest absolute Gasteiger partial charge is 0.0336 e. The van der Waals surface area contributed by atoms with Crippen LogP contribution in [0.3, 0.4) is 0 Å². The molecule has 72 valence electrons. The van der Waals surface area contributed by atoms with Gasteiger partial charge < -0.3 is 0 Å². The standard InChI is InChI=1S/C11H21Cl/c1-8-5-10(9(2)12)7-11(3,4)6-8/h8-10H,5-7H2,1-4H3. The molecule has 3 atom stereocenters. The number of alkyl halides is 1. The summed E-state index contributed by atoms with van der Waals surface area (Å²) < 4.78 is 0. The maximum absolute atomic E-state index is 6.15. The zero-order chi connectivity index (χ0) is 9.35. The second kappa shape index (κ2) is 3.57. The Morgan fingerprint density at radius 1 is 1.33 bits per heavy atom. The summed E-state index contributed by atoms with van der Waals surface area (Å²) in [5.74, 6) is 1.60. The predicted molar refractivity (Wildman–Crippen MR) is 55.6 cm³/mol. The Labute approximate surface area is 81.7 Å². The van der Waals surface area contributed by atoms with E-state index in [1.54, 1.807) is 0 Å². The van der Waals surface area contributed by atoms with E-state index in [4.69, 9.17) is 11.6 Å². The molecule has 3 unspecified atom stereocenters. The number of hydrogen-bond donors (Lipinski definition) is 0. The highest BCUT2D eigenvalue weighted by atomic mass is 35.5. The van der Waals surface area contributed by atoms with E-state index in [-0.39, 0.29) is 0 Å². The normalized spacial score (nSPS) is 37.8. The van der Waals surface area contributed by atoms with Gasteiger partial charge in [-0.3, -0.25) is 0 Å². The van der Waals surface area contributed by atoms with E-state index in [0.717, 1.165) is 11.8 Å². The lowest BCUT2D eigenvalue weighted by Gasteiger charge is -2.40. The lowest BCUT2D eigenvalue weighted by molar-refractivity contribution is 0.132. The van der Waals surface area contributed by atoms with Crippen LogP contribution in [0.2, 0.25) is 0 Å². The molecule has 0 heterocycles. The van der Waals surface area contributed by atoms with Gasteiger partial charge in [-0.15, -0.1) is 11.6 Å². The van der Waals surface area contributed by atoms with E-state index in [9.17, 15) is 0 Å². The topological polar surface area (TPSA) is 0 Å². The van der Waals surface area contributed by atoms with E-state index >= 15 is 0 Å². The van der Waals surface area contributed by atoms with Crippen LogP contribution in [-0.2, 0) is 0 Å². The average Bonchev–Trinajstić information content (AvgIpc) is 1.82. The summed E-state index contributed by atoms with van der Waals surface area (Å²) in [4.78, 5) is 0. The first-order chi connectivity index (χ1) is 5.41. The van der Waals surface area contributed by atoms with Crippen LogP contribution in [0, 0.1) is 17.3 Å². The molecule has 1 aliphatic carbocycles. The fourth-order valence-electron chi connectivity index (χ4n) is 2.77. The molecule has 0 aliphatic heterocycles. The van der Waals surface area contributed by atoms with Crippen molar-refractivity contribution in [1.82, 2.24) is 0 Å². The van der Waals surface area contributed by atoms with Gasteiger partial charge >= 0.3 is 0 Å². The third-order valence-corrected chi connectivity index (χ3v) is 3.43. The van der Waals surface area contributed by atoms with Crippen molar-refractivity contribution < 1.29 is 0 Å². The van der Waals surface area contributed by atoms with E-state index in [2.05, 4.69) is 27.7 Å². The van der Waals surface area contributed by atoms with Crippen LogP contribution in [-0.4, -0.2) is 5.38 Å². The minimum Gasteiger partial charge on any atom is -0.123 e. The molecule has 1 fully saturated rings. The molecule has 0 spiro atoms. The highest BCUT2D eigenvalue weighted by Crippen LogP contribution is 2.43. The second-order valence-corrected chi connectivity index (χ2v) is 6.04. The largest absolute Gasteiger partial charge is 0.123 e. The van der Waals surface area contributed by atoms with E-state index < -0.39 is 0 Å². The molecule has 0 saturated heterocycles. The molecule has 0 bridgehead atoms. The average molecular weight is 189 g/mol. The highest BCUT2D eigenvalue weighted by Gasteiger charge is 2.33. The van der Waals surface area contributed by atoms with Gasteiger partial charge in [0.25, 0.3) is 0 Å². The minimum absolute atomic E-state index is 0.354. The van der Waals surface area contributed by atoms with Crippen molar-refractivity contribution in [2.24, 2.45) is 17.3 Å². The molecule has 0 aromatic carbocycles. The third kappa shape index (κ3) is 2.65. The highest BCUT2D eigenvalue weighted by molar-refractivity contribution is 6.20. The molecule has 0 aromatic rings. The molecule has 1 rings (SSSR count). The molecule has 0 radical (unpaired) electrons. The van der Waals surface area contributed by atoms with E-state index in [1.165, 1.54) is 19.3 Å². The lowest BCUT2D eigenvalue weighted by Crippen LogP contribution is -2.31. The Morgan fingerprint density at radius 3 is 2.33 bits per heavy atom. The third-order valence-electron chi connectivity index (χ3n) is 3.07. The van der Waals surface area contributed by atoms with Crippen molar-refractivity contribution in [2.45, 2.75) is 52.3 Å². The predicted octanol–water partition coefficient (Wildman–Crippen LogP) is 4.08. The Bertz CT molecular complexity index is 149. The zero-order valence-corrected chi connectivity index (χ0v) is 9.49. The first-order valence-electron chi connectivity index (χ1n) is 5.05. The monoisotopic (exact) mass is 188 g/mol. The van der Waals surface area contributed by atoms with Crippen LogP contribution in [0.1, 0.15) is 47.0 Å². The summed E-state index contributed by atoms with van der Waals surface area (Å²) in [5, 5.41) is 0.354. The van der Waals surface area contributed by atoms with Crippen molar-refractivity contribution in [2.75, 3.05) is 0 Å².